The van der Waals surface area contributed by atoms with Crippen LogP contribution in [0.25, 0.3) is 16.8 Å². The van der Waals surface area contributed by atoms with Crippen LogP contribution in [0.15, 0.2) is 91.0 Å². The van der Waals surface area contributed by atoms with E-state index in [2.05, 4.69) is 33.0 Å². The number of rotatable bonds is 9. The van der Waals surface area contributed by atoms with Crippen molar-refractivity contribution in [2.75, 3.05) is 18.4 Å². The highest BCUT2D eigenvalue weighted by molar-refractivity contribution is 5.99. The van der Waals surface area contributed by atoms with E-state index in [4.69, 9.17) is 5.10 Å². The number of amides is 2. The van der Waals surface area contributed by atoms with Crippen LogP contribution in [0, 0.1) is 0 Å². The van der Waals surface area contributed by atoms with Gasteiger partial charge in [0.2, 0.25) is 5.91 Å². The van der Waals surface area contributed by atoms with E-state index >= 15 is 0 Å². The van der Waals surface area contributed by atoms with Gasteiger partial charge in [0.1, 0.15) is 12.4 Å². The van der Waals surface area contributed by atoms with E-state index in [0.29, 0.717) is 17.9 Å². The molecule has 2 amide bonds. The Labute approximate surface area is 225 Å². The molecule has 1 aromatic heterocycles. The molecule has 196 valence electrons. The number of para-hydroxylation sites is 1. The first-order chi connectivity index (χ1) is 18.3. The topological polar surface area (TPSA) is 67.2 Å². The highest BCUT2D eigenvalue weighted by Gasteiger charge is 2.23. The number of carbonyl (C=O) groups is 2. The first-order valence-corrected chi connectivity index (χ1v) is 13.2. The van der Waals surface area contributed by atoms with Crippen molar-refractivity contribution in [3.8, 4) is 16.8 Å². The van der Waals surface area contributed by atoms with Gasteiger partial charge in [-0.15, -0.1) is 0 Å². The van der Waals surface area contributed by atoms with Gasteiger partial charge in [-0.25, -0.2) is 4.68 Å². The third kappa shape index (κ3) is 6.57. The number of nitrogens with zero attached hydrogens (tertiary/aromatic N) is 3. The molecule has 3 aromatic carbocycles. The van der Waals surface area contributed by atoms with E-state index in [0.717, 1.165) is 35.3 Å². The van der Waals surface area contributed by atoms with E-state index in [1.54, 1.807) is 9.58 Å². The van der Waals surface area contributed by atoms with E-state index < -0.39 is 0 Å². The van der Waals surface area contributed by atoms with E-state index in [1.807, 2.05) is 91.0 Å². The Morgan fingerprint density at radius 2 is 1.47 bits per heavy atom. The number of benzene rings is 3. The lowest BCUT2D eigenvalue weighted by Crippen LogP contribution is -2.39. The smallest absolute Gasteiger partial charge is 0.254 e. The van der Waals surface area contributed by atoms with Gasteiger partial charge in [-0.3, -0.25) is 9.59 Å². The molecule has 1 heterocycles. The predicted molar refractivity (Wildman–Crippen MR) is 154 cm³/mol. The number of carbonyl (C=O) groups excluding carboxylic acids is 2. The van der Waals surface area contributed by atoms with Crippen molar-refractivity contribution in [2.45, 2.75) is 46.0 Å². The molecule has 0 aliphatic carbocycles. The summed E-state index contributed by atoms with van der Waals surface area (Å²) in [5.74, 6) is 0.175. The van der Waals surface area contributed by atoms with Crippen LogP contribution in [0.1, 0.15) is 56.6 Å². The van der Waals surface area contributed by atoms with Gasteiger partial charge in [-0.1, -0.05) is 94.8 Å². The van der Waals surface area contributed by atoms with Crippen LogP contribution in [-0.4, -0.2) is 39.6 Å². The maximum atomic E-state index is 13.4. The fourth-order valence-corrected chi connectivity index (χ4v) is 4.18. The minimum absolute atomic E-state index is 0.0376. The molecule has 0 aliphatic heterocycles. The fraction of sp³-hybridized carbons (Fsp3) is 0.281. The summed E-state index contributed by atoms with van der Waals surface area (Å²) in [6, 6.07) is 29.3. The fourth-order valence-electron chi connectivity index (χ4n) is 4.18. The quantitative estimate of drug-likeness (QED) is 0.273. The zero-order valence-corrected chi connectivity index (χ0v) is 22.6. The molecule has 0 bridgehead atoms. The minimum atomic E-state index is -0.257. The zero-order chi connectivity index (χ0) is 27.1. The maximum absolute atomic E-state index is 13.4. The Balaban J connectivity index is 1.53. The summed E-state index contributed by atoms with van der Waals surface area (Å²) in [4.78, 5) is 28.3. The zero-order valence-electron chi connectivity index (χ0n) is 22.6. The van der Waals surface area contributed by atoms with E-state index in [9.17, 15) is 9.59 Å². The summed E-state index contributed by atoms with van der Waals surface area (Å²) in [7, 11) is 0. The SMILES string of the molecule is CCCCN(CC(=O)Nc1cc(C(C)(C)C)nn1-c1ccccc1)C(=O)c1ccc(-c2ccccc2)cc1. The van der Waals surface area contributed by atoms with Crippen LogP contribution in [0.4, 0.5) is 5.82 Å². The Bertz CT molecular complexity index is 1350. The number of nitrogens with one attached hydrogen (secondary N) is 1. The summed E-state index contributed by atoms with van der Waals surface area (Å²) < 4.78 is 1.75. The van der Waals surface area contributed by atoms with Crippen molar-refractivity contribution in [3.63, 3.8) is 0 Å². The molecule has 6 nitrogen and oxygen atoms in total. The highest BCUT2D eigenvalue weighted by Crippen LogP contribution is 2.26. The third-order valence-corrected chi connectivity index (χ3v) is 6.39. The minimum Gasteiger partial charge on any atom is -0.329 e. The van der Waals surface area contributed by atoms with Crippen molar-refractivity contribution in [1.29, 1.82) is 0 Å². The van der Waals surface area contributed by atoms with Crippen LogP contribution in [0.2, 0.25) is 0 Å². The van der Waals surface area contributed by atoms with Crippen LogP contribution in [-0.2, 0) is 10.2 Å². The highest BCUT2D eigenvalue weighted by atomic mass is 16.2. The van der Waals surface area contributed by atoms with Gasteiger partial charge < -0.3 is 10.2 Å². The van der Waals surface area contributed by atoms with Crippen molar-refractivity contribution < 1.29 is 9.59 Å². The lowest BCUT2D eigenvalue weighted by molar-refractivity contribution is -0.117. The molecular formula is C32H36N4O2. The van der Waals surface area contributed by atoms with E-state index in [-0.39, 0.29) is 23.8 Å². The lowest BCUT2D eigenvalue weighted by atomic mass is 9.92. The van der Waals surface area contributed by atoms with Gasteiger partial charge in [-0.05, 0) is 41.8 Å². The number of aromatic nitrogens is 2. The maximum Gasteiger partial charge on any atom is 0.254 e. The summed E-state index contributed by atoms with van der Waals surface area (Å²) in [5, 5.41) is 7.78. The Hall–Kier alpha value is -4.19. The summed E-state index contributed by atoms with van der Waals surface area (Å²) in [5.41, 5.74) is 4.25. The molecule has 4 rings (SSSR count). The van der Waals surface area contributed by atoms with Crippen LogP contribution in [0.3, 0.4) is 0 Å². The first kappa shape index (κ1) is 26.9. The Morgan fingerprint density at radius 3 is 2.08 bits per heavy atom. The molecule has 0 spiro atoms. The van der Waals surface area contributed by atoms with Crippen molar-refractivity contribution in [2.24, 2.45) is 0 Å². The summed E-state index contributed by atoms with van der Waals surface area (Å²) in [6.07, 6.45) is 1.74. The van der Waals surface area contributed by atoms with Gasteiger partial charge in [0, 0.05) is 23.6 Å². The molecule has 0 aliphatic rings. The Morgan fingerprint density at radius 1 is 0.868 bits per heavy atom. The lowest BCUT2D eigenvalue weighted by Gasteiger charge is -2.22. The third-order valence-electron chi connectivity index (χ3n) is 6.39. The van der Waals surface area contributed by atoms with Crippen LogP contribution in [0.5, 0.6) is 0 Å². The van der Waals surface area contributed by atoms with Crippen molar-refractivity contribution >= 4 is 17.6 Å². The van der Waals surface area contributed by atoms with E-state index in [1.165, 1.54) is 0 Å². The average molecular weight is 509 g/mol. The average Bonchev–Trinajstić information content (AvgIpc) is 3.36. The second-order valence-corrected chi connectivity index (χ2v) is 10.5. The Kier molecular flexibility index (Phi) is 8.41. The molecule has 0 fully saturated rings. The molecule has 38 heavy (non-hydrogen) atoms. The van der Waals surface area contributed by atoms with Crippen molar-refractivity contribution in [3.05, 3.63) is 102 Å². The second kappa shape index (κ2) is 11.9. The second-order valence-electron chi connectivity index (χ2n) is 10.5. The number of unbranched alkanes of at least 4 members (excludes halogenated alkanes) is 1. The van der Waals surface area contributed by atoms with Gasteiger partial charge in [0.15, 0.2) is 0 Å². The van der Waals surface area contributed by atoms with Gasteiger partial charge in [0.25, 0.3) is 5.91 Å². The van der Waals surface area contributed by atoms with Crippen molar-refractivity contribution in [1.82, 2.24) is 14.7 Å². The first-order valence-electron chi connectivity index (χ1n) is 13.2. The molecule has 0 saturated heterocycles. The largest absolute Gasteiger partial charge is 0.329 e. The monoisotopic (exact) mass is 508 g/mol. The van der Waals surface area contributed by atoms with Crippen LogP contribution >= 0.6 is 0 Å². The molecule has 1 N–H and O–H groups in total. The van der Waals surface area contributed by atoms with Gasteiger partial charge >= 0.3 is 0 Å². The molecule has 0 radical (unpaired) electrons. The standard InChI is InChI=1S/C32H36N4O2/c1-5-6-21-35(31(38)26-19-17-25(18-20-26)24-13-9-7-10-14-24)23-30(37)33-29-22-28(32(2,3)4)34-36(29)27-15-11-8-12-16-27/h7-20,22H,5-6,21,23H2,1-4H3,(H,33,37). The predicted octanol–water partition coefficient (Wildman–Crippen LogP) is 6.72. The molecule has 6 heteroatoms. The molecule has 0 unspecified atom stereocenters. The summed E-state index contributed by atoms with van der Waals surface area (Å²) in [6.45, 7) is 8.81. The summed E-state index contributed by atoms with van der Waals surface area (Å²) >= 11 is 0. The number of hydrogen-bond donors (Lipinski definition) is 1. The molecular weight excluding hydrogens is 472 g/mol. The number of hydrogen-bond acceptors (Lipinski definition) is 3. The van der Waals surface area contributed by atoms with Gasteiger partial charge in [0.05, 0.1) is 11.4 Å². The normalized spacial score (nSPS) is 11.3. The van der Waals surface area contributed by atoms with Crippen LogP contribution < -0.4 is 5.32 Å². The number of anilines is 1. The molecule has 0 saturated carbocycles. The molecule has 0 atom stereocenters. The molecule has 4 aromatic rings. The van der Waals surface area contributed by atoms with Gasteiger partial charge in [-0.2, -0.15) is 5.10 Å².